The van der Waals surface area contributed by atoms with Crippen LogP contribution in [-0.4, -0.2) is 257 Å². The number of aliphatic hydroxyl groups excluding tert-OH is 13. The Morgan fingerprint density at radius 3 is 1.88 bits per heavy atom. The van der Waals surface area contributed by atoms with Gasteiger partial charge in [-0.25, -0.2) is 9.59 Å². The summed E-state index contributed by atoms with van der Waals surface area (Å²) in [5.74, 6) is -4.02. The van der Waals surface area contributed by atoms with Crippen LogP contribution in [0.15, 0.2) is 23.3 Å². The summed E-state index contributed by atoms with van der Waals surface area (Å²) in [5, 5.41) is 156. The molecule has 27 heteroatoms. The summed E-state index contributed by atoms with van der Waals surface area (Å²) in [6.45, 7) is 13.6. The number of rotatable bonds is 15. The second-order valence-electron chi connectivity index (χ2n) is 27.4. The molecule has 0 radical (unpaired) electrons. The number of carboxylic acids is 1. The molecule has 4 heterocycles. The van der Waals surface area contributed by atoms with Crippen molar-refractivity contribution >= 4 is 17.9 Å². The summed E-state index contributed by atoms with van der Waals surface area (Å²) in [6, 6.07) is 0. The fraction of sp³-hybridized carbons (Fsp3) is 0.881. The van der Waals surface area contributed by atoms with Crippen LogP contribution < -0.4 is 0 Å². The van der Waals surface area contributed by atoms with Gasteiger partial charge in [0.2, 0.25) is 0 Å². The molecule has 30 atom stereocenters. The van der Waals surface area contributed by atoms with E-state index >= 15 is 0 Å². The van der Waals surface area contributed by atoms with Crippen LogP contribution in [0.2, 0.25) is 0 Å². The van der Waals surface area contributed by atoms with E-state index in [9.17, 15) is 85.9 Å². The lowest BCUT2D eigenvalue weighted by molar-refractivity contribution is -0.400. The molecule has 0 aromatic heterocycles. The van der Waals surface area contributed by atoms with Gasteiger partial charge in [-0.2, -0.15) is 0 Å². The Morgan fingerprint density at radius 2 is 1.27 bits per heavy atom. The number of carboxylic acid groups (broad SMARTS) is 1. The van der Waals surface area contributed by atoms with E-state index in [4.69, 9.17) is 47.4 Å². The third kappa shape index (κ3) is 11.0. The summed E-state index contributed by atoms with van der Waals surface area (Å²) >= 11 is 0. The highest BCUT2D eigenvalue weighted by atomic mass is 16.8. The minimum atomic E-state index is -2.26. The fourth-order valence-electron chi connectivity index (χ4n) is 17.1. The highest BCUT2D eigenvalue weighted by Gasteiger charge is 2.74. The molecule has 0 bridgehead atoms. The van der Waals surface area contributed by atoms with Gasteiger partial charge in [-0.15, -0.1) is 0 Å². The van der Waals surface area contributed by atoms with Crippen LogP contribution in [0.5, 0.6) is 0 Å². The van der Waals surface area contributed by atoms with Gasteiger partial charge in [0.05, 0.1) is 50.7 Å². The Morgan fingerprint density at radius 1 is 0.640 bits per heavy atom. The summed E-state index contributed by atoms with van der Waals surface area (Å²) < 4.78 is 60.7. The van der Waals surface area contributed by atoms with Crippen LogP contribution in [0.25, 0.3) is 0 Å². The lowest BCUT2D eigenvalue weighted by Gasteiger charge is -2.72. The quantitative estimate of drug-likeness (QED) is 0.0357. The van der Waals surface area contributed by atoms with Crippen LogP contribution in [0, 0.1) is 50.2 Å². The Labute approximate surface area is 498 Å². The average molecular weight is 1230 g/mol. The first-order valence-corrected chi connectivity index (χ1v) is 30.0. The first-order chi connectivity index (χ1) is 40.3. The Kier molecular flexibility index (Phi) is 19.5. The minimum absolute atomic E-state index is 0.118. The lowest BCUT2D eigenvalue weighted by atomic mass is 9.33. The highest BCUT2D eigenvalue weighted by molar-refractivity contribution is 5.87. The number of esters is 2. The number of carbonyl (C=O) groups excluding carboxylic acids is 2. The largest absolute Gasteiger partial charge is 0.479 e. The van der Waals surface area contributed by atoms with Gasteiger partial charge in [0.1, 0.15) is 91.6 Å². The molecular formula is C59H92O27. The number of aliphatic hydroxyl groups is 13. The average Bonchev–Trinajstić information content (AvgIpc) is 0.674. The first kappa shape index (κ1) is 67.4. The predicted octanol–water partition coefficient (Wildman–Crippen LogP) is -2.22. The molecule has 0 aromatic carbocycles. The van der Waals surface area contributed by atoms with Gasteiger partial charge in [0, 0.05) is 23.3 Å². The molecular weight excluding hydrogens is 1140 g/mol. The van der Waals surface area contributed by atoms with Crippen molar-refractivity contribution in [2.24, 2.45) is 50.2 Å². The van der Waals surface area contributed by atoms with Crippen molar-refractivity contribution in [2.45, 2.75) is 242 Å². The maximum atomic E-state index is 13.5. The molecule has 0 aromatic rings. The molecule has 490 valence electrons. The number of aliphatic carboxylic acids is 1. The highest BCUT2D eigenvalue weighted by Crippen LogP contribution is 2.76. The van der Waals surface area contributed by atoms with Crippen molar-refractivity contribution in [2.75, 3.05) is 33.0 Å². The zero-order valence-electron chi connectivity index (χ0n) is 50.1. The SMILES string of the molecule is C/C=C(/C)C(=O)O[C@H]1[C@@H](OC(C)=O)[C@@]2(CO)[C@H](CC1(C)C)C1=CC[C@@H]3[C@@]4(C)CC[C@@H](O[C@@H]5O[C@H](C(=O)O)[C@H](O)[C@H](O[C@H]6OC[C@H](O)[C@H](O)[C@@H]6O[C@H]6OC[C@H](O)[C@@H](O)[C@@H]6O)[C@@H]5O[C@@H]5O[C@H](CO)[C@@H](O)[C@@H](O)[C@H]5O)[C@](C)(CO)[C@@H]4CC[C@@]3(C)[C@]1(C)C[C@@H]2O. The van der Waals surface area contributed by atoms with Crippen molar-refractivity contribution in [1.82, 2.24) is 0 Å². The smallest absolute Gasteiger partial charge is 0.335 e. The van der Waals surface area contributed by atoms with E-state index in [-0.39, 0.29) is 24.7 Å². The van der Waals surface area contributed by atoms with Crippen LogP contribution in [0.3, 0.4) is 0 Å². The van der Waals surface area contributed by atoms with Gasteiger partial charge in [-0.3, -0.25) is 4.79 Å². The van der Waals surface area contributed by atoms with E-state index in [1.807, 2.05) is 20.8 Å². The molecule has 4 saturated heterocycles. The van der Waals surface area contributed by atoms with E-state index in [0.29, 0.717) is 37.7 Å². The Balaban J connectivity index is 1.05. The van der Waals surface area contributed by atoms with Gasteiger partial charge in [-0.1, -0.05) is 59.3 Å². The molecule has 27 nitrogen and oxygen atoms in total. The molecule has 9 aliphatic rings. The standard InChI is InChI=1S/C59H92O27/c1-10-24(2)49(76)86-46-47(79-25(3)63)59(23-62)27(17-54(46,4)5)26-11-12-32-55(6)15-14-34(56(7,22-61)31(55)13-16-57(32,8)58(26,9)18-33(59)66)81-53-45(85-51-40(72)38(70)37(69)30(19-60)80-51)42(41(73)43(83-53)48(74)75)82-52-44(36(68)29(65)21-78-52)84-50-39(71)35(67)28(64)20-77-50/h10-11,27-47,50-53,60-62,64-73H,12-23H2,1-9H3,(H,74,75)/b24-10-/t27-,28+,29+,30-,31-,32-,33+,34-,35-,36+,37-,38-,39+,40-,41-,42+,43+,44+,45+,46+,47-,50-,51+,52-,53-,55+,56-,57-,58-,59+/m1/s1. The number of ether oxygens (including phenoxy) is 10. The summed E-state index contributed by atoms with van der Waals surface area (Å²) in [4.78, 5) is 39.7. The van der Waals surface area contributed by atoms with Crippen LogP contribution in [0.4, 0.5) is 0 Å². The van der Waals surface area contributed by atoms with E-state index in [1.54, 1.807) is 19.9 Å². The summed E-state index contributed by atoms with van der Waals surface area (Å²) in [5.41, 5.74) is -4.00. The molecule has 0 unspecified atom stereocenters. The maximum Gasteiger partial charge on any atom is 0.335 e. The van der Waals surface area contributed by atoms with Crippen LogP contribution in [-0.2, 0) is 61.8 Å². The Bertz CT molecular complexity index is 2510. The van der Waals surface area contributed by atoms with E-state index in [2.05, 4.69) is 26.8 Å². The summed E-state index contributed by atoms with van der Waals surface area (Å²) in [6.07, 6.45) is -32.4. The zero-order valence-corrected chi connectivity index (χ0v) is 50.1. The molecule has 5 aliphatic carbocycles. The number of hydrogen-bond donors (Lipinski definition) is 14. The second-order valence-corrected chi connectivity index (χ2v) is 27.4. The van der Waals surface area contributed by atoms with Crippen molar-refractivity contribution in [3.8, 4) is 0 Å². The third-order valence-electron chi connectivity index (χ3n) is 22.4. The topological polar surface area (TPSA) is 427 Å². The normalized spacial score (nSPS) is 51.2. The van der Waals surface area contributed by atoms with Crippen LogP contribution in [0.1, 0.15) is 107 Å². The van der Waals surface area contributed by atoms with E-state index in [0.717, 1.165) is 5.57 Å². The number of fused-ring (bicyclic) bond motifs is 7. The zero-order chi connectivity index (χ0) is 63.3. The molecule has 4 aliphatic heterocycles. The molecule has 14 N–H and O–H groups in total. The van der Waals surface area contributed by atoms with Gasteiger partial charge in [0.25, 0.3) is 0 Å². The number of allylic oxidation sites excluding steroid dienone is 3. The van der Waals surface area contributed by atoms with Crippen molar-refractivity contribution in [3.05, 3.63) is 23.3 Å². The summed E-state index contributed by atoms with van der Waals surface area (Å²) in [7, 11) is 0. The van der Waals surface area contributed by atoms with Crippen LogP contribution >= 0.6 is 0 Å². The first-order valence-electron chi connectivity index (χ1n) is 30.0. The molecule has 4 saturated carbocycles. The van der Waals surface area contributed by atoms with Gasteiger partial charge in [-0.05, 0) is 92.8 Å². The minimum Gasteiger partial charge on any atom is -0.479 e. The predicted molar refractivity (Wildman–Crippen MR) is 290 cm³/mol. The molecule has 9 rings (SSSR count). The lowest BCUT2D eigenvalue weighted by Crippen LogP contribution is -2.72. The maximum absolute atomic E-state index is 13.5. The molecule has 86 heavy (non-hydrogen) atoms. The second kappa shape index (κ2) is 24.9. The van der Waals surface area contributed by atoms with E-state index < -0.39 is 224 Å². The van der Waals surface area contributed by atoms with Gasteiger partial charge >= 0.3 is 17.9 Å². The van der Waals surface area contributed by atoms with Crippen molar-refractivity contribution in [1.29, 1.82) is 0 Å². The third-order valence-corrected chi connectivity index (χ3v) is 22.4. The Hall–Kier alpha value is -2.95. The van der Waals surface area contributed by atoms with Gasteiger partial charge < -0.3 is 119 Å². The monoisotopic (exact) mass is 1230 g/mol. The van der Waals surface area contributed by atoms with Crippen molar-refractivity contribution in [3.63, 3.8) is 0 Å². The molecule has 0 spiro atoms. The fourth-order valence-corrected chi connectivity index (χ4v) is 17.1. The number of carbonyl (C=O) groups is 3. The molecule has 8 fully saturated rings. The van der Waals surface area contributed by atoms with Crippen molar-refractivity contribution < 1.29 is 133 Å². The molecule has 0 amide bonds. The van der Waals surface area contributed by atoms with E-state index in [1.165, 1.54) is 6.92 Å². The number of hydrogen-bond acceptors (Lipinski definition) is 26. The van der Waals surface area contributed by atoms with Gasteiger partial charge in [0.15, 0.2) is 31.3 Å².